The Hall–Kier alpha value is -2.21. The van der Waals surface area contributed by atoms with Crippen LogP contribution in [0.2, 0.25) is 0 Å². The number of carbonyl (C=O) groups excluding carboxylic acids is 2. The molecule has 152 valence electrons. The second-order valence-corrected chi connectivity index (χ2v) is 7.55. The second kappa shape index (κ2) is 9.32. The number of halogens is 1. The summed E-state index contributed by atoms with van der Waals surface area (Å²) in [5.41, 5.74) is 0.447. The van der Waals surface area contributed by atoms with Gasteiger partial charge >= 0.3 is 11.9 Å². The van der Waals surface area contributed by atoms with Crippen LogP contribution in [0.4, 0.5) is 4.39 Å². The average molecular weight is 390 g/mol. The maximum Gasteiger partial charge on any atom is 0.338 e. The quantitative estimate of drug-likeness (QED) is 0.542. The molecule has 1 aromatic rings. The lowest BCUT2D eigenvalue weighted by molar-refractivity contribution is -0.141. The van der Waals surface area contributed by atoms with Crippen LogP contribution in [-0.2, 0) is 14.3 Å². The van der Waals surface area contributed by atoms with Crippen LogP contribution in [0.15, 0.2) is 42.5 Å². The number of hydrogen-bond acceptors (Lipinski definition) is 5. The van der Waals surface area contributed by atoms with Crippen molar-refractivity contribution in [1.82, 2.24) is 0 Å². The van der Waals surface area contributed by atoms with Gasteiger partial charge in [-0.15, -0.1) is 0 Å². The molecule has 5 nitrogen and oxygen atoms in total. The molecule has 0 radical (unpaired) electrons. The number of unbranched alkanes of at least 4 members (excludes halogenated alkanes) is 1. The molecule has 6 heteroatoms. The Labute approximate surface area is 164 Å². The molecule has 6 atom stereocenters. The highest BCUT2D eigenvalue weighted by atomic mass is 19.1. The van der Waals surface area contributed by atoms with Gasteiger partial charge in [-0.05, 0) is 18.6 Å². The second-order valence-electron chi connectivity index (χ2n) is 7.55. The third-order valence-corrected chi connectivity index (χ3v) is 5.55. The van der Waals surface area contributed by atoms with Crippen molar-refractivity contribution in [3.8, 4) is 0 Å². The molecule has 2 aliphatic rings. The highest BCUT2D eigenvalue weighted by molar-refractivity contribution is 5.89. The van der Waals surface area contributed by atoms with Gasteiger partial charge in [-0.2, -0.15) is 0 Å². The molecule has 1 unspecified atom stereocenters. The molecule has 1 saturated heterocycles. The zero-order valence-corrected chi connectivity index (χ0v) is 16.0. The summed E-state index contributed by atoms with van der Waals surface area (Å²) in [5.74, 6) is -1.13. The maximum absolute atomic E-state index is 14.1. The largest absolute Gasteiger partial charge is 0.462 e. The van der Waals surface area contributed by atoms with E-state index in [1.807, 2.05) is 13.0 Å². The van der Waals surface area contributed by atoms with Crippen LogP contribution < -0.4 is 0 Å². The van der Waals surface area contributed by atoms with Gasteiger partial charge in [0.05, 0.1) is 12.0 Å². The molecule has 2 fully saturated rings. The summed E-state index contributed by atoms with van der Waals surface area (Å²) in [4.78, 5) is 24.1. The van der Waals surface area contributed by atoms with Crippen molar-refractivity contribution in [2.45, 2.75) is 63.5 Å². The number of aliphatic hydroxyl groups excluding tert-OH is 1. The number of carbonyl (C=O) groups is 2. The molecule has 0 bridgehead atoms. The van der Waals surface area contributed by atoms with Crippen molar-refractivity contribution in [2.24, 2.45) is 11.8 Å². The molecule has 1 aliphatic heterocycles. The van der Waals surface area contributed by atoms with Crippen LogP contribution in [-0.4, -0.2) is 41.5 Å². The Morgan fingerprint density at radius 3 is 2.86 bits per heavy atom. The first-order valence-electron chi connectivity index (χ1n) is 9.95. The van der Waals surface area contributed by atoms with Gasteiger partial charge in [0.25, 0.3) is 0 Å². The van der Waals surface area contributed by atoms with Crippen LogP contribution in [0.25, 0.3) is 0 Å². The summed E-state index contributed by atoms with van der Waals surface area (Å²) in [6.45, 7) is 1.97. The molecule has 1 heterocycles. The highest BCUT2D eigenvalue weighted by Gasteiger charge is 2.50. The molecular weight excluding hydrogens is 363 g/mol. The van der Waals surface area contributed by atoms with E-state index in [9.17, 15) is 19.1 Å². The number of benzene rings is 1. The van der Waals surface area contributed by atoms with E-state index in [2.05, 4.69) is 0 Å². The van der Waals surface area contributed by atoms with Gasteiger partial charge < -0.3 is 14.6 Å². The first-order valence-corrected chi connectivity index (χ1v) is 9.95. The van der Waals surface area contributed by atoms with Crippen molar-refractivity contribution in [2.75, 3.05) is 0 Å². The van der Waals surface area contributed by atoms with E-state index >= 15 is 0 Å². The van der Waals surface area contributed by atoms with Crippen LogP contribution in [0.3, 0.4) is 0 Å². The minimum absolute atomic E-state index is 0.127. The topological polar surface area (TPSA) is 72.8 Å². The Morgan fingerprint density at radius 1 is 1.39 bits per heavy atom. The summed E-state index contributed by atoms with van der Waals surface area (Å²) >= 11 is 0. The molecule has 28 heavy (non-hydrogen) atoms. The smallest absolute Gasteiger partial charge is 0.338 e. The number of alkyl halides is 1. The molecule has 0 amide bonds. The van der Waals surface area contributed by atoms with Gasteiger partial charge in [0.15, 0.2) is 0 Å². The van der Waals surface area contributed by atoms with Crippen LogP contribution in [0.5, 0.6) is 0 Å². The summed E-state index contributed by atoms with van der Waals surface area (Å²) in [6.07, 6.45) is 2.31. The van der Waals surface area contributed by atoms with Gasteiger partial charge in [-0.1, -0.05) is 50.1 Å². The van der Waals surface area contributed by atoms with Crippen molar-refractivity contribution < 1.29 is 28.6 Å². The Balaban J connectivity index is 1.69. The molecule has 1 N–H and O–H groups in total. The predicted molar refractivity (Wildman–Crippen MR) is 101 cm³/mol. The SMILES string of the molecule is CCCCC(F)[C@H](O)/C=C/[C@@H]1[C@H]2CC(=O)O[C@H]2C[C@H]1OC(=O)c1ccccc1. The van der Waals surface area contributed by atoms with Gasteiger partial charge in [-0.3, -0.25) is 4.79 Å². The summed E-state index contributed by atoms with van der Waals surface area (Å²) in [5, 5.41) is 10.1. The molecular formula is C22H27FO5. The minimum atomic E-state index is -1.33. The van der Waals surface area contributed by atoms with E-state index in [-0.39, 0.29) is 30.3 Å². The van der Waals surface area contributed by atoms with Gasteiger partial charge in [-0.25, -0.2) is 9.18 Å². The lowest BCUT2D eigenvalue weighted by atomic mass is 9.91. The zero-order valence-electron chi connectivity index (χ0n) is 16.0. The van der Waals surface area contributed by atoms with Crippen LogP contribution >= 0.6 is 0 Å². The summed E-state index contributed by atoms with van der Waals surface area (Å²) < 4.78 is 25.1. The van der Waals surface area contributed by atoms with Gasteiger partial charge in [0, 0.05) is 18.3 Å². The third-order valence-electron chi connectivity index (χ3n) is 5.55. The molecule has 3 rings (SSSR count). The maximum atomic E-state index is 14.1. The van der Waals surface area contributed by atoms with E-state index in [0.717, 1.165) is 6.42 Å². The Bertz CT molecular complexity index is 704. The van der Waals surface area contributed by atoms with Crippen LogP contribution in [0, 0.1) is 11.8 Å². The fourth-order valence-electron chi connectivity index (χ4n) is 4.00. The highest BCUT2D eigenvalue weighted by Crippen LogP contribution is 2.43. The Kier molecular flexibility index (Phi) is 6.83. The number of hydrogen-bond donors (Lipinski definition) is 1. The first kappa shape index (κ1) is 20.5. The van der Waals surface area contributed by atoms with Gasteiger partial charge in [0.1, 0.15) is 24.5 Å². The number of esters is 2. The van der Waals surface area contributed by atoms with E-state index in [0.29, 0.717) is 24.8 Å². The molecule has 0 spiro atoms. The Morgan fingerprint density at radius 2 is 2.14 bits per heavy atom. The minimum Gasteiger partial charge on any atom is -0.462 e. The summed E-state index contributed by atoms with van der Waals surface area (Å²) in [7, 11) is 0. The van der Waals surface area contributed by atoms with Crippen molar-refractivity contribution in [1.29, 1.82) is 0 Å². The molecule has 0 aromatic heterocycles. The standard InChI is InChI=1S/C22H27FO5/c1-2-3-9-17(23)18(24)11-10-15-16-12-21(25)27-20(16)13-19(15)28-22(26)14-7-5-4-6-8-14/h4-8,10-11,15-20,24H,2-3,9,12-13H2,1H3/b11-10+/t15-,16-,17?,18-,19-,20+/m1/s1. The lowest BCUT2D eigenvalue weighted by Crippen LogP contribution is -2.26. The summed E-state index contributed by atoms with van der Waals surface area (Å²) in [6, 6.07) is 8.68. The lowest BCUT2D eigenvalue weighted by Gasteiger charge is -2.21. The zero-order chi connectivity index (χ0) is 20.1. The van der Waals surface area contributed by atoms with Crippen molar-refractivity contribution in [3.63, 3.8) is 0 Å². The van der Waals surface area contributed by atoms with Crippen molar-refractivity contribution >= 4 is 11.9 Å². The number of ether oxygens (including phenoxy) is 2. The molecule has 1 aliphatic carbocycles. The van der Waals surface area contributed by atoms with E-state index in [4.69, 9.17) is 9.47 Å². The van der Waals surface area contributed by atoms with Gasteiger partial charge in [0.2, 0.25) is 0 Å². The monoisotopic (exact) mass is 390 g/mol. The van der Waals surface area contributed by atoms with Crippen molar-refractivity contribution in [3.05, 3.63) is 48.0 Å². The molecule has 1 saturated carbocycles. The van der Waals surface area contributed by atoms with E-state index in [1.165, 1.54) is 6.08 Å². The predicted octanol–water partition coefficient (Wildman–Crippen LogP) is 3.61. The normalized spacial score (nSPS) is 28.8. The van der Waals surface area contributed by atoms with Crippen LogP contribution in [0.1, 0.15) is 49.4 Å². The first-order chi connectivity index (χ1) is 13.5. The number of fused-ring (bicyclic) bond motifs is 1. The fourth-order valence-corrected chi connectivity index (χ4v) is 4.00. The van der Waals surface area contributed by atoms with E-state index in [1.54, 1.807) is 30.3 Å². The fraction of sp³-hybridized carbons (Fsp3) is 0.545. The van der Waals surface area contributed by atoms with E-state index < -0.39 is 24.3 Å². The third kappa shape index (κ3) is 4.79. The number of rotatable bonds is 8. The molecule has 1 aromatic carbocycles. The number of aliphatic hydroxyl groups is 1. The average Bonchev–Trinajstić information content (AvgIpc) is 3.20.